The predicted molar refractivity (Wildman–Crippen MR) is 66.6 cm³/mol. The van der Waals surface area contributed by atoms with Crippen molar-refractivity contribution in [2.45, 2.75) is 19.6 Å². The number of aryl methyl sites for hydroxylation is 1. The third kappa shape index (κ3) is 2.85. The lowest BCUT2D eigenvalue weighted by molar-refractivity contribution is 0.291. The maximum Gasteiger partial charge on any atom is 0.146 e. The quantitative estimate of drug-likeness (QED) is 0.875. The molecular weight excluding hydrogens is 214 g/mol. The van der Waals surface area contributed by atoms with Crippen LogP contribution in [0.4, 0.5) is 0 Å². The van der Waals surface area contributed by atoms with Crippen LogP contribution in [0.5, 0.6) is 5.75 Å². The summed E-state index contributed by atoms with van der Waals surface area (Å²) in [6, 6.07) is 7.86. The van der Waals surface area contributed by atoms with Gasteiger partial charge in [0.15, 0.2) is 0 Å². The van der Waals surface area contributed by atoms with Crippen molar-refractivity contribution in [3.8, 4) is 5.75 Å². The second kappa shape index (κ2) is 5.01. The predicted octanol–water partition coefficient (Wildman–Crippen LogP) is 2.02. The molecule has 4 heteroatoms. The molecule has 0 radical (unpaired) electrons. The van der Waals surface area contributed by atoms with Gasteiger partial charge in [-0.1, -0.05) is 12.1 Å². The standard InChI is InChI=1S/C13H17N3O/c1-10(14)11-4-3-5-12(8-11)17-9-13-15-6-7-16(13)2/h3-8,10H,9,14H2,1-2H3. The van der Waals surface area contributed by atoms with Crippen molar-refractivity contribution in [3.05, 3.63) is 48.0 Å². The molecular formula is C13H17N3O. The van der Waals surface area contributed by atoms with E-state index in [0.29, 0.717) is 6.61 Å². The first-order chi connectivity index (χ1) is 8.16. The third-order valence-electron chi connectivity index (χ3n) is 2.67. The SMILES string of the molecule is CC(N)c1cccc(OCc2nccn2C)c1. The first-order valence-electron chi connectivity index (χ1n) is 5.61. The molecule has 0 bridgehead atoms. The second-order valence-electron chi connectivity index (χ2n) is 4.10. The average Bonchev–Trinajstić information content (AvgIpc) is 2.72. The number of hydrogen-bond acceptors (Lipinski definition) is 3. The van der Waals surface area contributed by atoms with Crippen LogP contribution in [-0.2, 0) is 13.7 Å². The van der Waals surface area contributed by atoms with Crippen LogP contribution in [0.1, 0.15) is 24.4 Å². The van der Waals surface area contributed by atoms with Crippen LogP contribution in [0.15, 0.2) is 36.7 Å². The summed E-state index contributed by atoms with van der Waals surface area (Å²) in [6.45, 7) is 2.42. The van der Waals surface area contributed by atoms with Crippen LogP contribution in [0.2, 0.25) is 0 Å². The third-order valence-corrected chi connectivity index (χ3v) is 2.67. The highest BCUT2D eigenvalue weighted by atomic mass is 16.5. The van der Waals surface area contributed by atoms with Crippen molar-refractivity contribution < 1.29 is 4.74 Å². The van der Waals surface area contributed by atoms with Gasteiger partial charge < -0.3 is 15.0 Å². The van der Waals surface area contributed by atoms with Gasteiger partial charge in [-0.3, -0.25) is 0 Å². The average molecular weight is 231 g/mol. The van der Waals surface area contributed by atoms with Crippen LogP contribution in [0, 0.1) is 0 Å². The minimum Gasteiger partial charge on any atom is -0.486 e. The van der Waals surface area contributed by atoms with Crippen LogP contribution >= 0.6 is 0 Å². The molecule has 1 atom stereocenters. The summed E-state index contributed by atoms with van der Waals surface area (Å²) in [5.41, 5.74) is 6.90. The van der Waals surface area contributed by atoms with Crippen LogP contribution in [0.3, 0.4) is 0 Å². The largest absolute Gasteiger partial charge is 0.486 e. The molecule has 1 heterocycles. The molecule has 17 heavy (non-hydrogen) atoms. The lowest BCUT2D eigenvalue weighted by atomic mass is 10.1. The Morgan fingerprint density at radius 1 is 1.47 bits per heavy atom. The lowest BCUT2D eigenvalue weighted by Gasteiger charge is -2.09. The molecule has 0 aliphatic carbocycles. The molecule has 1 aromatic heterocycles. The number of nitrogens with two attached hydrogens (primary N) is 1. The summed E-state index contributed by atoms with van der Waals surface area (Å²) in [5, 5.41) is 0. The molecule has 1 aromatic carbocycles. The minimum atomic E-state index is 0.0201. The molecule has 1 unspecified atom stereocenters. The van der Waals surface area contributed by atoms with E-state index in [9.17, 15) is 0 Å². The van der Waals surface area contributed by atoms with Gasteiger partial charge in [0.25, 0.3) is 0 Å². The Morgan fingerprint density at radius 3 is 2.94 bits per heavy atom. The van der Waals surface area contributed by atoms with Crippen LogP contribution < -0.4 is 10.5 Å². The van der Waals surface area contributed by atoms with Crippen molar-refractivity contribution in [2.75, 3.05) is 0 Å². The van der Waals surface area contributed by atoms with Crippen LogP contribution in [-0.4, -0.2) is 9.55 Å². The highest BCUT2D eigenvalue weighted by molar-refractivity contribution is 5.30. The fourth-order valence-electron chi connectivity index (χ4n) is 1.57. The van der Waals surface area contributed by atoms with Crippen LogP contribution in [0.25, 0.3) is 0 Å². The van der Waals surface area contributed by atoms with E-state index in [1.54, 1.807) is 6.20 Å². The maximum atomic E-state index is 5.83. The zero-order chi connectivity index (χ0) is 12.3. The fourth-order valence-corrected chi connectivity index (χ4v) is 1.57. The number of imidazole rings is 1. The summed E-state index contributed by atoms with van der Waals surface area (Å²) < 4.78 is 7.62. The molecule has 2 N–H and O–H groups in total. The summed E-state index contributed by atoms with van der Waals surface area (Å²) in [5.74, 6) is 1.72. The summed E-state index contributed by atoms with van der Waals surface area (Å²) >= 11 is 0. The zero-order valence-corrected chi connectivity index (χ0v) is 10.1. The second-order valence-corrected chi connectivity index (χ2v) is 4.10. The van der Waals surface area contributed by atoms with Gasteiger partial charge in [0.2, 0.25) is 0 Å². The number of hydrogen-bond donors (Lipinski definition) is 1. The van der Waals surface area contributed by atoms with E-state index in [2.05, 4.69) is 4.98 Å². The summed E-state index contributed by atoms with van der Waals surface area (Å²) in [4.78, 5) is 4.20. The van der Waals surface area contributed by atoms with Crippen molar-refractivity contribution in [1.82, 2.24) is 9.55 Å². The molecule has 0 amide bonds. The van der Waals surface area contributed by atoms with Gasteiger partial charge in [-0.2, -0.15) is 0 Å². The molecule has 0 saturated heterocycles. The van der Waals surface area contributed by atoms with Crippen molar-refractivity contribution in [2.24, 2.45) is 12.8 Å². The van der Waals surface area contributed by atoms with E-state index in [4.69, 9.17) is 10.5 Å². The van der Waals surface area contributed by atoms with Gasteiger partial charge in [-0.05, 0) is 24.6 Å². The van der Waals surface area contributed by atoms with E-state index in [-0.39, 0.29) is 6.04 Å². The first-order valence-corrected chi connectivity index (χ1v) is 5.61. The first kappa shape index (κ1) is 11.7. The lowest BCUT2D eigenvalue weighted by Crippen LogP contribution is -2.06. The van der Waals surface area contributed by atoms with Crippen molar-refractivity contribution >= 4 is 0 Å². The highest BCUT2D eigenvalue weighted by Crippen LogP contribution is 2.18. The minimum absolute atomic E-state index is 0.0201. The molecule has 2 rings (SSSR count). The molecule has 0 spiro atoms. The van der Waals surface area contributed by atoms with Gasteiger partial charge in [0.1, 0.15) is 18.2 Å². The number of benzene rings is 1. The highest BCUT2D eigenvalue weighted by Gasteiger charge is 2.03. The molecule has 0 aliphatic heterocycles. The zero-order valence-electron chi connectivity index (χ0n) is 10.1. The van der Waals surface area contributed by atoms with E-state index in [1.165, 1.54) is 0 Å². The Balaban J connectivity index is 2.04. The molecule has 0 saturated carbocycles. The molecule has 2 aromatic rings. The van der Waals surface area contributed by atoms with Gasteiger partial charge in [-0.25, -0.2) is 4.98 Å². The van der Waals surface area contributed by atoms with Crippen molar-refractivity contribution in [3.63, 3.8) is 0 Å². The van der Waals surface area contributed by atoms with Crippen molar-refractivity contribution in [1.29, 1.82) is 0 Å². The summed E-state index contributed by atoms with van der Waals surface area (Å²) in [6.07, 6.45) is 3.66. The molecule has 4 nitrogen and oxygen atoms in total. The number of ether oxygens (including phenoxy) is 1. The van der Waals surface area contributed by atoms with Gasteiger partial charge in [0.05, 0.1) is 0 Å². The monoisotopic (exact) mass is 231 g/mol. The maximum absolute atomic E-state index is 5.83. The van der Waals surface area contributed by atoms with Gasteiger partial charge in [0, 0.05) is 25.5 Å². The van der Waals surface area contributed by atoms with Gasteiger partial charge in [-0.15, -0.1) is 0 Å². The fraction of sp³-hybridized carbons (Fsp3) is 0.308. The Labute approximate surface area is 101 Å². The number of aromatic nitrogens is 2. The van der Waals surface area contributed by atoms with E-state index < -0.39 is 0 Å². The Kier molecular flexibility index (Phi) is 3.44. The molecule has 90 valence electrons. The molecule has 0 aliphatic rings. The normalized spacial score (nSPS) is 12.4. The summed E-state index contributed by atoms with van der Waals surface area (Å²) in [7, 11) is 1.95. The number of rotatable bonds is 4. The topological polar surface area (TPSA) is 53.1 Å². The number of nitrogens with zero attached hydrogens (tertiary/aromatic N) is 2. The van der Waals surface area contributed by atoms with Gasteiger partial charge >= 0.3 is 0 Å². The smallest absolute Gasteiger partial charge is 0.146 e. The molecule has 0 fully saturated rings. The van der Waals surface area contributed by atoms with E-state index in [1.807, 2.05) is 49.0 Å². The Bertz CT molecular complexity index is 491. The van der Waals surface area contributed by atoms with E-state index >= 15 is 0 Å². The Morgan fingerprint density at radius 2 is 2.29 bits per heavy atom. The Hall–Kier alpha value is -1.81. The van der Waals surface area contributed by atoms with E-state index in [0.717, 1.165) is 17.1 Å².